The standard InChI is InChI=1S/C50H33F3N6O2/c1-59-43-26-35(50(51,52)53)17-20-40(43)56-48(49(59)31-15-9-4-10-16-31)34-24-32(46-44(29-11-5-2-6-12-29)57-41-27-36(60)18-21-38(41)54-46)23-33(25-34)47-45(30-13-7-3-8-14-30)58-42-28-37(61)19-22-39(42)55-47/h2-28,49,60-61H,1H3. The summed E-state index contributed by atoms with van der Waals surface area (Å²) in [6.07, 6.45) is -4.54. The number of phenolic OH excluding ortho intramolecular Hbond substituents is 2. The number of fused-ring (bicyclic) bond motifs is 3. The fourth-order valence-corrected chi connectivity index (χ4v) is 7.96. The van der Waals surface area contributed by atoms with Crippen molar-refractivity contribution in [1.29, 1.82) is 0 Å². The van der Waals surface area contributed by atoms with E-state index in [2.05, 4.69) is 0 Å². The van der Waals surface area contributed by atoms with Gasteiger partial charge in [0.05, 0.1) is 73.5 Å². The summed E-state index contributed by atoms with van der Waals surface area (Å²) < 4.78 is 42.3. The normalized spacial score (nSPS) is 13.9. The van der Waals surface area contributed by atoms with E-state index < -0.39 is 17.8 Å². The van der Waals surface area contributed by atoms with Crippen LogP contribution in [0.3, 0.4) is 0 Å². The quantitative estimate of drug-likeness (QED) is 0.172. The molecule has 0 spiro atoms. The number of aromatic nitrogens is 4. The van der Waals surface area contributed by atoms with Gasteiger partial charge in [-0.15, -0.1) is 0 Å². The molecule has 1 unspecified atom stereocenters. The molecule has 0 amide bonds. The number of phenols is 2. The second kappa shape index (κ2) is 14.7. The van der Waals surface area contributed by atoms with Gasteiger partial charge in [0.25, 0.3) is 0 Å². The first-order chi connectivity index (χ1) is 29.6. The van der Waals surface area contributed by atoms with Crippen LogP contribution in [-0.4, -0.2) is 42.9 Å². The lowest BCUT2D eigenvalue weighted by Crippen LogP contribution is -2.34. The Morgan fingerprint density at radius 3 is 1.44 bits per heavy atom. The lowest BCUT2D eigenvalue weighted by molar-refractivity contribution is -0.137. The van der Waals surface area contributed by atoms with Gasteiger partial charge in [-0.1, -0.05) is 91.0 Å². The fraction of sp³-hybridized carbons (Fsp3) is 0.0600. The smallest absolute Gasteiger partial charge is 0.416 e. The highest BCUT2D eigenvalue weighted by Crippen LogP contribution is 2.46. The second-order valence-electron chi connectivity index (χ2n) is 14.8. The molecule has 7 aromatic carbocycles. The van der Waals surface area contributed by atoms with Crippen LogP contribution in [0, 0.1) is 0 Å². The maximum atomic E-state index is 14.1. The molecule has 8 nitrogen and oxygen atoms in total. The molecule has 296 valence electrons. The van der Waals surface area contributed by atoms with Crippen molar-refractivity contribution >= 4 is 39.2 Å². The molecule has 1 atom stereocenters. The zero-order valence-electron chi connectivity index (χ0n) is 32.4. The molecule has 1 aliphatic heterocycles. The summed E-state index contributed by atoms with van der Waals surface area (Å²) in [5.74, 6) is 0.118. The van der Waals surface area contributed by atoms with Gasteiger partial charge in [-0.3, -0.25) is 0 Å². The minimum absolute atomic E-state index is 0.0588. The molecule has 1 aliphatic rings. The number of nitrogens with zero attached hydrogens (tertiary/aromatic N) is 6. The van der Waals surface area contributed by atoms with E-state index >= 15 is 0 Å². The summed E-state index contributed by atoms with van der Waals surface area (Å²) in [4.78, 5) is 27.5. The number of rotatable bonds is 6. The van der Waals surface area contributed by atoms with Crippen LogP contribution in [0.2, 0.25) is 0 Å². The van der Waals surface area contributed by atoms with Crippen LogP contribution in [0.4, 0.5) is 24.5 Å². The molecular formula is C50H33F3N6O2. The van der Waals surface area contributed by atoms with Gasteiger partial charge in [0, 0.05) is 41.4 Å². The Bertz CT molecular complexity index is 3030. The van der Waals surface area contributed by atoms with E-state index in [0.717, 1.165) is 28.8 Å². The van der Waals surface area contributed by atoms with E-state index in [9.17, 15) is 23.4 Å². The van der Waals surface area contributed by atoms with Crippen molar-refractivity contribution in [3.63, 3.8) is 0 Å². The van der Waals surface area contributed by atoms with E-state index in [1.807, 2.05) is 114 Å². The van der Waals surface area contributed by atoms with Crippen molar-refractivity contribution in [3.05, 3.63) is 180 Å². The number of alkyl halides is 3. The molecule has 9 aromatic rings. The van der Waals surface area contributed by atoms with E-state index in [-0.39, 0.29) is 11.5 Å². The molecule has 2 aromatic heterocycles. The predicted molar refractivity (Wildman–Crippen MR) is 233 cm³/mol. The first-order valence-corrected chi connectivity index (χ1v) is 19.4. The molecule has 2 N–H and O–H groups in total. The second-order valence-corrected chi connectivity index (χ2v) is 14.8. The Labute approximate surface area is 347 Å². The zero-order valence-corrected chi connectivity index (χ0v) is 32.4. The summed E-state index contributed by atoms with van der Waals surface area (Å²) in [7, 11) is 1.78. The summed E-state index contributed by atoms with van der Waals surface area (Å²) in [6, 6.07) is 47.6. The van der Waals surface area contributed by atoms with Crippen LogP contribution < -0.4 is 4.90 Å². The fourth-order valence-electron chi connectivity index (χ4n) is 7.96. The number of likely N-dealkylation sites (N-methyl/N-ethyl adjacent to an activating group) is 1. The molecule has 10 rings (SSSR count). The van der Waals surface area contributed by atoms with Crippen molar-refractivity contribution in [2.75, 3.05) is 11.9 Å². The molecule has 3 heterocycles. The monoisotopic (exact) mass is 806 g/mol. The summed E-state index contributed by atoms with van der Waals surface area (Å²) in [5, 5.41) is 20.9. The minimum Gasteiger partial charge on any atom is -0.508 e. The van der Waals surface area contributed by atoms with Gasteiger partial charge in [0.2, 0.25) is 0 Å². The highest BCUT2D eigenvalue weighted by Gasteiger charge is 2.36. The topological polar surface area (TPSA) is 108 Å². The SMILES string of the molecule is CN1c2cc(C(F)(F)F)ccc2N=C(c2cc(-c3nc4ccc(O)cc4nc3-c3ccccc3)cc(-c3nc4ccc(O)cc4nc3-c3ccccc3)c2)C1c1ccccc1. The summed E-state index contributed by atoms with van der Waals surface area (Å²) >= 11 is 0. The van der Waals surface area contributed by atoms with Crippen LogP contribution in [0.5, 0.6) is 11.5 Å². The molecule has 0 saturated heterocycles. The van der Waals surface area contributed by atoms with Gasteiger partial charge in [-0.2, -0.15) is 13.2 Å². The Hall–Kier alpha value is -7.92. The number of hydrogen-bond donors (Lipinski definition) is 2. The highest BCUT2D eigenvalue weighted by molar-refractivity contribution is 6.12. The van der Waals surface area contributed by atoms with Crippen LogP contribution in [0.25, 0.3) is 67.1 Å². The molecular weight excluding hydrogens is 774 g/mol. The van der Waals surface area contributed by atoms with Gasteiger partial charge in [-0.25, -0.2) is 24.9 Å². The van der Waals surface area contributed by atoms with Gasteiger partial charge < -0.3 is 15.1 Å². The van der Waals surface area contributed by atoms with Crippen molar-refractivity contribution in [2.45, 2.75) is 12.2 Å². The number of benzene rings is 7. The zero-order chi connectivity index (χ0) is 41.8. The number of halogens is 3. The largest absolute Gasteiger partial charge is 0.508 e. The van der Waals surface area contributed by atoms with Crippen LogP contribution >= 0.6 is 0 Å². The number of aliphatic imine (C=N–C) groups is 1. The molecule has 0 radical (unpaired) electrons. The first kappa shape index (κ1) is 37.4. The average molecular weight is 807 g/mol. The van der Waals surface area contributed by atoms with Crippen LogP contribution in [-0.2, 0) is 6.18 Å². The maximum Gasteiger partial charge on any atom is 0.416 e. The first-order valence-electron chi connectivity index (χ1n) is 19.4. The Kier molecular flexibility index (Phi) is 9.01. The van der Waals surface area contributed by atoms with Crippen molar-refractivity contribution in [3.8, 4) is 56.5 Å². The number of aromatic hydroxyl groups is 2. The van der Waals surface area contributed by atoms with Crippen molar-refractivity contribution < 1.29 is 23.4 Å². The lowest BCUT2D eigenvalue weighted by atomic mass is 9.89. The Morgan fingerprint density at radius 1 is 0.475 bits per heavy atom. The summed E-state index contributed by atoms with van der Waals surface area (Å²) in [6.45, 7) is 0. The molecule has 61 heavy (non-hydrogen) atoms. The van der Waals surface area contributed by atoms with Gasteiger partial charge in [0.15, 0.2) is 0 Å². The predicted octanol–water partition coefficient (Wildman–Crippen LogP) is 12.0. The Morgan fingerprint density at radius 2 is 0.934 bits per heavy atom. The van der Waals surface area contributed by atoms with E-state index in [1.54, 1.807) is 43.4 Å². The van der Waals surface area contributed by atoms with E-state index in [1.165, 1.54) is 6.07 Å². The molecule has 0 fully saturated rings. The molecule has 0 saturated carbocycles. The van der Waals surface area contributed by atoms with Crippen LogP contribution in [0.15, 0.2) is 169 Å². The molecule has 0 bridgehead atoms. The van der Waals surface area contributed by atoms with E-state index in [4.69, 9.17) is 24.9 Å². The third-order valence-corrected chi connectivity index (χ3v) is 10.9. The maximum absolute atomic E-state index is 14.1. The third-order valence-electron chi connectivity index (χ3n) is 10.9. The van der Waals surface area contributed by atoms with Crippen molar-refractivity contribution in [1.82, 2.24) is 19.9 Å². The van der Waals surface area contributed by atoms with Gasteiger partial charge in [0.1, 0.15) is 11.5 Å². The third kappa shape index (κ3) is 6.95. The molecule has 0 aliphatic carbocycles. The number of hydrogen-bond acceptors (Lipinski definition) is 8. The lowest BCUT2D eigenvalue weighted by Gasteiger charge is -2.36. The van der Waals surface area contributed by atoms with Gasteiger partial charge >= 0.3 is 6.18 Å². The molecule has 11 heteroatoms. The highest BCUT2D eigenvalue weighted by atomic mass is 19.4. The summed E-state index contributed by atoms with van der Waals surface area (Å²) in [5.41, 5.74) is 9.30. The minimum atomic E-state index is -4.54. The number of anilines is 1. The van der Waals surface area contributed by atoms with Crippen molar-refractivity contribution in [2.24, 2.45) is 4.99 Å². The van der Waals surface area contributed by atoms with Crippen LogP contribution in [0.1, 0.15) is 22.7 Å². The van der Waals surface area contributed by atoms with Gasteiger partial charge in [-0.05, 0) is 71.8 Å². The Balaban J connectivity index is 1.30. The van der Waals surface area contributed by atoms with E-state index in [0.29, 0.717) is 78.6 Å². The average Bonchev–Trinajstić information content (AvgIpc) is 3.28.